The molecule has 168 valence electrons. The minimum absolute atomic E-state index is 0.141. The van der Waals surface area contributed by atoms with Crippen LogP contribution in [0.2, 0.25) is 0 Å². The maximum atomic E-state index is 12.8. The number of rotatable bonds is 8. The number of hydrogen-bond donors (Lipinski definition) is 1. The summed E-state index contributed by atoms with van der Waals surface area (Å²) in [5.74, 6) is 1.48. The highest BCUT2D eigenvalue weighted by atomic mass is 16.5. The molecule has 0 aliphatic heterocycles. The van der Waals surface area contributed by atoms with Crippen molar-refractivity contribution in [3.63, 3.8) is 0 Å². The van der Waals surface area contributed by atoms with E-state index in [9.17, 15) is 4.79 Å². The Kier molecular flexibility index (Phi) is 7.17. The van der Waals surface area contributed by atoms with Gasteiger partial charge in [0.05, 0.1) is 0 Å². The van der Waals surface area contributed by atoms with Gasteiger partial charge in [-0.3, -0.25) is 9.69 Å². The summed E-state index contributed by atoms with van der Waals surface area (Å²) >= 11 is 0. The number of ether oxygens (including phenoxy) is 1. The van der Waals surface area contributed by atoms with Crippen LogP contribution < -0.4 is 10.1 Å². The smallest absolute Gasteiger partial charge is 0.255 e. The van der Waals surface area contributed by atoms with Crippen LogP contribution in [0.1, 0.15) is 59.7 Å². The van der Waals surface area contributed by atoms with Gasteiger partial charge in [-0.05, 0) is 55.8 Å². The first-order valence-electron chi connectivity index (χ1n) is 11.2. The van der Waals surface area contributed by atoms with Crippen molar-refractivity contribution in [1.82, 2.24) is 15.0 Å². The summed E-state index contributed by atoms with van der Waals surface area (Å²) in [6, 6.07) is 15.7. The van der Waals surface area contributed by atoms with Crippen LogP contribution in [-0.2, 0) is 13.2 Å². The Morgan fingerprint density at radius 2 is 1.88 bits per heavy atom. The Morgan fingerprint density at radius 1 is 1.12 bits per heavy atom. The Balaban J connectivity index is 1.36. The first kappa shape index (κ1) is 22.0. The standard InChI is InChI=1S/C25H30N4O3/c1-18-26-24(28-32-18)17-31-22-14-12-19(13-15-22)25(30)27-23-11-7-6-8-20(23)16-29(2)21-9-4-3-5-10-21/h6-8,11-15,21H,3-5,9-10,16-17H2,1-2H3,(H,27,30). The number of carbonyl (C=O) groups excluding carboxylic acids is 1. The van der Waals surface area contributed by atoms with Crippen LogP contribution in [0.3, 0.4) is 0 Å². The zero-order valence-corrected chi connectivity index (χ0v) is 18.7. The average molecular weight is 435 g/mol. The van der Waals surface area contributed by atoms with E-state index in [1.54, 1.807) is 31.2 Å². The Morgan fingerprint density at radius 3 is 2.59 bits per heavy atom. The van der Waals surface area contributed by atoms with Crippen molar-refractivity contribution < 1.29 is 14.1 Å². The van der Waals surface area contributed by atoms with Crippen molar-refractivity contribution in [2.75, 3.05) is 12.4 Å². The molecule has 7 nitrogen and oxygen atoms in total. The molecule has 1 aliphatic carbocycles. The Labute approximate surface area is 188 Å². The highest BCUT2D eigenvalue weighted by Crippen LogP contribution is 2.25. The molecule has 1 fully saturated rings. The van der Waals surface area contributed by atoms with Gasteiger partial charge >= 0.3 is 0 Å². The van der Waals surface area contributed by atoms with E-state index in [1.165, 1.54) is 32.1 Å². The summed E-state index contributed by atoms with van der Waals surface area (Å²) in [4.78, 5) is 19.4. The molecule has 1 amide bonds. The molecule has 2 aromatic carbocycles. The number of benzene rings is 2. The maximum absolute atomic E-state index is 12.8. The van der Waals surface area contributed by atoms with Gasteiger partial charge in [-0.15, -0.1) is 0 Å². The Bertz CT molecular complexity index is 1030. The van der Waals surface area contributed by atoms with Crippen LogP contribution in [0.5, 0.6) is 5.75 Å². The molecule has 1 N–H and O–H groups in total. The summed E-state index contributed by atoms with van der Waals surface area (Å²) in [5, 5.41) is 6.88. The van der Waals surface area contributed by atoms with Gasteiger partial charge in [0, 0.05) is 30.8 Å². The molecular formula is C25H30N4O3. The second-order valence-electron chi connectivity index (χ2n) is 8.36. The predicted octanol–water partition coefficient (Wildman–Crippen LogP) is 4.97. The highest BCUT2D eigenvalue weighted by Gasteiger charge is 2.19. The quantitative estimate of drug-likeness (QED) is 0.539. The molecule has 0 radical (unpaired) electrons. The van der Waals surface area contributed by atoms with Crippen LogP contribution in [-0.4, -0.2) is 34.0 Å². The van der Waals surface area contributed by atoms with E-state index >= 15 is 0 Å². The number of carbonyl (C=O) groups is 1. The third-order valence-corrected chi connectivity index (χ3v) is 5.94. The number of hydrogen-bond acceptors (Lipinski definition) is 6. The van der Waals surface area contributed by atoms with E-state index < -0.39 is 0 Å². The third-order valence-electron chi connectivity index (χ3n) is 5.94. The van der Waals surface area contributed by atoms with Gasteiger partial charge in [0.25, 0.3) is 5.91 Å². The zero-order chi connectivity index (χ0) is 22.3. The number of anilines is 1. The fourth-order valence-corrected chi connectivity index (χ4v) is 4.14. The van der Waals surface area contributed by atoms with Crippen LogP contribution >= 0.6 is 0 Å². The Hall–Kier alpha value is -3.19. The van der Waals surface area contributed by atoms with Gasteiger partial charge in [-0.1, -0.05) is 42.6 Å². The first-order valence-corrected chi connectivity index (χ1v) is 11.2. The van der Waals surface area contributed by atoms with Gasteiger partial charge in [-0.2, -0.15) is 4.98 Å². The number of aryl methyl sites for hydroxylation is 1. The highest BCUT2D eigenvalue weighted by molar-refractivity contribution is 6.04. The molecule has 1 aromatic heterocycles. The second kappa shape index (κ2) is 10.4. The molecule has 0 atom stereocenters. The third kappa shape index (κ3) is 5.73. The van der Waals surface area contributed by atoms with Crippen molar-refractivity contribution in [3.8, 4) is 5.75 Å². The summed E-state index contributed by atoms with van der Waals surface area (Å²) in [6.07, 6.45) is 6.47. The summed E-state index contributed by atoms with van der Waals surface area (Å²) in [5.41, 5.74) is 2.56. The second-order valence-corrected chi connectivity index (χ2v) is 8.36. The van der Waals surface area contributed by atoms with Crippen molar-refractivity contribution >= 4 is 11.6 Å². The van der Waals surface area contributed by atoms with E-state index in [0.29, 0.717) is 29.1 Å². The lowest BCUT2D eigenvalue weighted by atomic mass is 9.94. The molecule has 3 aromatic rings. The number of para-hydroxylation sites is 1. The van der Waals surface area contributed by atoms with Gasteiger partial charge in [0.15, 0.2) is 6.61 Å². The first-order chi connectivity index (χ1) is 15.6. The molecule has 0 spiro atoms. The minimum atomic E-state index is -0.141. The number of nitrogens with one attached hydrogen (secondary N) is 1. The molecule has 1 aliphatic rings. The summed E-state index contributed by atoms with van der Waals surface area (Å²) < 4.78 is 10.6. The molecular weight excluding hydrogens is 404 g/mol. The molecule has 32 heavy (non-hydrogen) atoms. The molecule has 1 heterocycles. The maximum Gasteiger partial charge on any atom is 0.255 e. The van der Waals surface area contributed by atoms with Gasteiger partial charge in [0.1, 0.15) is 5.75 Å². The van der Waals surface area contributed by atoms with Crippen LogP contribution in [0.4, 0.5) is 5.69 Å². The van der Waals surface area contributed by atoms with E-state index in [0.717, 1.165) is 17.8 Å². The minimum Gasteiger partial charge on any atom is -0.485 e. The van der Waals surface area contributed by atoms with Crippen molar-refractivity contribution in [2.24, 2.45) is 0 Å². The summed E-state index contributed by atoms with van der Waals surface area (Å²) in [7, 11) is 2.18. The SMILES string of the molecule is Cc1nc(COc2ccc(C(=O)Nc3ccccc3CN(C)C3CCCCC3)cc2)no1. The zero-order valence-electron chi connectivity index (χ0n) is 18.7. The van der Waals surface area contributed by atoms with Crippen LogP contribution in [0.25, 0.3) is 0 Å². The van der Waals surface area contributed by atoms with Gasteiger partial charge < -0.3 is 14.6 Å². The van der Waals surface area contributed by atoms with E-state index in [-0.39, 0.29) is 12.5 Å². The van der Waals surface area contributed by atoms with Gasteiger partial charge in [-0.25, -0.2) is 0 Å². The van der Waals surface area contributed by atoms with Crippen molar-refractivity contribution in [1.29, 1.82) is 0 Å². The van der Waals surface area contributed by atoms with E-state index in [4.69, 9.17) is 9.26 Å². The fourth-order valence-electron chi connectivity index (χ4n) is 4.14. The number of amides is 1. The topological polar surface area (TPSA) is 80.5 Å². The molecule has 0 bridgehead atoms. The van der Waals surface area contributed by atoms with E-state index in [1.807, 2.05) is 18.2 Å². The lowest BCUT2D eigenvalue weighted by molar-refractivity contribution is 0.102. The largest absolute Gasteiger partial charge is 0.485 e. The lowest BCUT2D eigenvalue weighted by Gasteiger charge is -2.31. The van der Waals surface area contributed by atoms with Crippen LogP contribution in [0, 0.1) is 6.92 Å². The summed E-state index contributed by atoms with van der Waals surface area (Å²) in [6.45, 7) is 2.77. The lowest BCUT2D eigenvalue weighted by Crippen LogP contribution is -2.33. The predicted molar refractivity (Wildman–Crippen MR) is 123 cm³/mol. The normalized spacial score (nSPS) is 14.5. The fraction of sp³-hybridized carbons (Fsp3) is 0.400. The molecule has 0 saturated heterocycles. The molecule has 7 heteroatoms. The average Bonchev–Trinajstić information content (AvgIpc) is 3.25. The number of nitrogens with zero attached hydrogens (tertiary/aromatic N) is 3. The van der Waals surface area contributed by atoms with E-state index in [2.05, 4.69) is 33.5 Å². The molecule has 0 unspecified atom stereocenters. The molecule has 1 saturated carbocycles. The van der Waals surface area contributed by atoms with Crippen molar-refractivity contribution in [2.45, 2.75) is 58.2 Å². The number of aromatic nitrogens is 2. The van der Waals surface area contributed by atoms with Gasteiger partial charge in [0.2, 0.25) is 11.7 Å². The van der Waals surface area contributed by atoms with Crippen LogP contribution in [0.15, 0.2) is 53.1 Å². The monoisotopic (exact) mass is 434 g/mol. The molecule has 4 rings (SSSR count). The van der Waals surface area contributed by atoms with Crippen molar-refractivity contribution in [3.05, 3.63) is 71.4 Å².